The highest BCUT2D eigenvalue weighted by Gasteiger charge is 2.13. The van der Waals surface area contributed by atoms with Gasteiger partial charge in [-0.1, -0.05) is 32.9 Å². The Bertz CT molecular complexity index is 427. The SMILES string of the molecule is CCC(=O)c1ccccc1N(CC)CCCN(CC)CC. The van der Waals surface area contributed by atoms with Crippen LogP contribution < -0.4 is 4.90 Å². The normalized spacial score (nSPS) is 10.9. The second kappa shape index (κ2) is 9.56. The monoisotopic (exact) mass is 290 g/mol. The Kier molecular flexibility index (Phi) is 8.06. The van der Waals surface area contributed by atoms with Gasteiger partial charge in [0.25, 0.3) is 0 Å². The van der Waals surface area contributed by atoms with Crippen molar-refractivity contribution >= 4 is 11.5 Å². The van der Waals surface area contributed by atoms with Crippen molar-refractivity contribution in [1.29, 1.82) is 0 Å². The van der Waals surface area contributed by atoms with Gasteiger partial charge in [-0.25, -0.2) is 0 Å². The van der Waals surface area contributed by atoms with Crippen molar-refractivity contribution in [2.45, 2.75) is 40.5 Å². The van der Waals surface area contributed by atoms with E-state index in [1.807, 2.05) is 25.1 Å². The van der Waals surface area contributed by atoms with Gasteiger partial charge in [-0.2, -0.15) is 0 Å². The molecule has 21 heavy (non-hydrogen) atoms. The van der Waals surface area contributed by atoms with E-state index in [1.165, 1.54) is 0 Å². The molecule has 0 aliphatic carbocycles. The van der Waals surface area contributed by atoms with Gasteiger partial charge in [0.1, 0.15) is 0 Å². The summed E-state index contributed by atoms with van der Waals surface area (Å²) in [6, 6.07) is 8.00. The standard InChI is InChI=1S/C18H30N2O/c1-5-18(21)16-12-9-10-13-17(16)20(8-4)15-11-14-19(6-2)7-3/h9-10,12-13H,5-8,11,14-15H2,1-4H3. The first-order valence-electron chi connectivity index (χ1n) is 8.27. The summed E-state index contributed by atoms with van der Waals surface area (Å²) in [5, 5.41) is 0. The molecule has 0 bridgehead atoms. The van der Waals surface area contributed by atoms with Gasteiger partial charge in [0.15, 0.2) is 5.78 Å². The Morgan fingerprint density at radius 3 is 2.19 bits per heavy atom. The predicted molar refractivity (Wildman–Crippen MR) is 91.4 cm³/mol. The molecule has 1 rings (SSSR count). The Morgan fingerprint density at radius 2 is 1.62 bits per heavy atom. The minimum Gasteiger partial charge on any atom is -0.371 e. The number of carbonyl (C=O) groups excluding carboxylic acids is 1. The first kappa shape index (κ1) is 17.7. The molecule has 0 aliphatic heterocycles. The molecule has 3 nitrogen and oxygen atoms in total. The van der Waals surface area contributed by atoms with Crippen LogP contribution in [0.4, 0.5) is 5.69 Å². The molecule has 1 aromatic carbocycles. The zero-order valence-corrected chi connectivity index (χ0v) is 14.1. The zero-order valence-electron chi connectivity index (χ0n) is 14.1. The molecule has 0 aliphatic rings. The third-order valence-electron chi connectivity index (χ3n) is 4.04. The number of nitrogens with zero attached hydrogens (tertiary/aromatic N) is 2. The summed E-state index contributed by atoms with van der Waals surface area (Å²) >= 11 is 0. The molecule has 0 aromatic heterocycles. The lowest BCUT2D eigenvalue weighted by molar-refractivity contribution is 0.0988. The highest BCUT2D eigenvalue weighted by Crippen LogP contribution is 2.22. The number of benzene rings is 1. The molecule has 0 unspecified atom stereocenters. The van der Waals surface area contributed by atoms with E-state index in [1.54, 1.807) is 0 Å². The number of Topliss-reactive ketones (excluding diaryl/α,β-unsaturated/α-hetero) is 1. The maximum absolute atomic E-state index is 12.1. The highest BCUT2D eigenvalue weighted by atomic mass is 16.1. The summed E-state index contributed by atoms with van der Waals surface area (Å²) in [5.41, 5.74) is 1.95. The number of para-hydroxylation sites is 1. The van der Waals surface area contributed by atoms with Gasteiger partial charge in [-0.05, 0) is 45.1 Å². The van der Waals surface area contributed by atoms with Crippen molar-refractivity contribution in [3.63, 3.8) is 0 Å². The molecule has 0 heterocycles. The number of hydrogen-bond donors (Lipinski definition) is 0. The molecule has 0 atom stereocenters. The number of rotatable bonds is 10. The molecule has 3 heteroatoms. The molecule has 118 valence electrons. The lowest BCUT2D eigenvalue weighted by atomic mass is 10.1. The lowest BCUT2D eigenvalue weighted by Gasteiger charge is -2.27. The van der Waals surface area contributed by atoms with E-state index in [9.17, 15) is 4.79 Å². The van der Waals surface area contributed by atoms with E-state index in [0.717, 1.165) is 50.4 Å². The fraction of sp³-hybridized carbons (Fsp3) is 0.611. The van der Waals surface area contributed by atoms with E-state index in [4.69, 9.17) is 0 Å². The van der Waals surface area contributed by atoms with Gasteiger partial charge in [-0.15, -0.1) is 0 Å². The molecule has 0 fully saturated rings. The Morgan fingerprint density at radius 1 is 0.952 bits per heavy atom. The number of ketones is 1. The van der Waals surface area contributed by atoms with Gasteiger partial charge in [0, 0.05) is 30.8 Å². The average Bonchev–Trinajstić information content (AvgIpc) is 2.54. The van der Waals surface area contributed by atoms with E-state index in [2.05, 4.69) is 36.6 Å². The summed E-state index contributed by atoms with van der Waals surface area (Å²) < 4.78 is 0. The summed E-state index contributed by atoms with van der Waals surface area (Å²) in [5.74, 6) is 0.229. The molecule has 0 amide bonds. The zero-order chi connectivity index (χ0) is 15.7. The van der Waals surface area contributed by atoms with Gasteiger partial charge in [0.05, 0.1) is 0 Å². The molecule has 0 spiro atoms. The van der Waals surface area contributed by atoms with Crippen molar-refractivity contribution in [3.05, 3.63) is 29.8 Å². The molecule has 0 saturated heterocycles. The number of carbonyl (C=O) groups is 1. The first-order chi connectivity index (χ1) is 10.2. The van der Waals surface area contributed by atoms with Gasteiger partial charge in [-0.3, -0.25) is 4.79 Å². The third kappa shape index (κ3) is 5.16. The van der Waals surface area contributed by atoms with Crippen LogP contribution in [0.2, 0.25) is 0 Å². The average molecular weight is 290 g/mol. The Balaban J connectivity index is 2.74. The number of anilines is 1. The van der Waals surface area contributed by atoms with Gasteiger partial charge < -0.3 is 9.80 Å². The topological polar surface area (TPSA) is 23.6 Å². The Labute approximate surface area is 129 Å². The second-order valence-electron chi connectivity index (χ2n) is 5.25. The molecule has 0 saturated carbocycles. The minimum atomic E-state index is 0.229. The van der Waals surface area contributed by atoms with Crippen LogP contribution in [-0.4, -0.2) is 43.4 Å². The second-order valence-corrected chi connectivity index (χ2v) is 5.25. The van der Waals surface area contributed by atoms with Crippen LogP contribution in [0.1, 0.15) is 50.9 Å². The van der Waals surface area contributed by atoms with E-state index < -0.39 is 0 Å². The van der Waals surface area contributed by atoms with Crippen molar-refractivity contribution in [1.82, 2.24) is 4.90 Å². The van der Waals surface area contributed by atoms with Crippen molar-refractivity contribution in [2.75, 3.05) is 37.6 Å². The van der Waals surface area contributed by atoms with E-state index in [-0.39, 0.29) is 5.78 Å². The quantitative estimate of drug-likeness (QED) is 0.612. The molecular formula is C18H30N2O. The smallest absolute Gasteiger partial charge is 0.164 e. The van der Waals surface area contributed by atoms with E-state index >= 15 is 0 Å². The molecule has 1 aromatic rings. The molecule has 0 radical (unpaired) electrons. The van der Waals surface area contributed by atoms with Crippen molar-refractivity contribution < 1.29 is 4.79 Å². The van der Waals surface area contributed by atoms with Crippen LogP contribution >= 0.6 is 0 Å². The summed E-state index contributed by atoms with van der Waals surface area (Å²) in [7, 11) is 0. The maximum Gasteiger partial charge on any atom is 0.164 e. The lowest BCUT2D eigenvalue weighted by Crippen LogP contribution is -2.30. The molecule has 0 N–H and O–H groups in total. The van der Waals surface area contributed by atoms with Crippen molar-refractivity contribution in [2.24, 2.45) is 0 Å². The van der Waals surface area contributed by atoms with Crippen LogP contribution in [-0.2, 0) is 0 Å². The largest absolute Gasteiger partial charge is 0.371 e. The van der Waals surface area contributed by atoms with Crippen LogP contribution in [0.5, 0.6) is 0 Å². The summed E-state index contributed by atoms with van der Waals surface area (Å²) in [4.78, 5) is 16.9. The minimum absolute atomic E-state index is 0.229. The van der Waals surface area contributed by atoms with Crippen LogP contribution in [0.3, 0.4) is 0 Å². The van der Waals surface area contributed by atoms with Crippen LogP contribution in [0.25, 0.3) is 0 Å². The fourth-order valence-corrected chi connectivity index (χ4v) is 2.65. The fourth-order valence-electron chi connectivity index (χ4n) is 2.65. The third-order valence-corrected chi connectivity index (χ3v) is 4.04. The first-order valence-corrected chi connectivity index (χ1v) is 8.27. The van der Waals surface area contributed by atoms with Crippen LogP contribution in [0, 0.1) is 0 Å². The van der Waals surface area contributed by atoms with Crippen molar-refractivity contribution in [3.8, 4) is 0 Å². The van der Waals surface area contributed by atoms with Gasteiger partial charge >= 0.3 is 0 Å². The number of hydrogen-bond acceptors (Lipinski definition) is 3. The highest BCUT2D eigenvalue weighted by molar-refractivity contribution is 6.01. The summed E-state index contributed by atoms with van der Waals surface area (Å²) in [6.07, 6.45) is 1.69. The molecular weight excluding hydrogens is 260 g/mol. The maximum atomic E-state index is 12.1. The summed E-state index contributed by atoms with van der Waals surface area (Å²) in [6.45, 7) is 13.8. The van der Waals surface area contributed by atoms with E-state index in [0.29, 0.717) is 6.42 Å². The Hall–Kier alpha value is -1.35. The van der Waals surface area contributed by atoms with Crippen LogP contribution in [0.15, 0.2) is 24.3 Å². The predicted octanol–water partition coefficient (Wildman–Crippen LogP) is 3.84. The van der Waals surface area contributed by atoms with Gasteiger partial charge in [0.2, 0.25) is 0 Å².